The number of fused-ring (bicyclic) bond motifs is 3. The SMILES string of the molecule is COC(=O)NC(C(=O)N1[C@@H]2C[C@@H]2C[C@H]1c1ncc(-c2ccc(-c3ccc(-c4cnc([C@@H](C)C[C@@H](C)[C@@H](C)OC(=O)C(NC(=O)OC)C5(O)C[C@@H]6[C@H](C5)C6(F)F)[nH]4)cc3)cc2)[nH]1)C1C[C@@H]2[C@H](C1)C2(F)F. The lowest BCUT2D eigenvalue weighted by molar-refractivity contribution is -0.162. The first-order valence-corrected chi connectivity index (χ1v) is 23.8. The molecular weight excluding hydrogens is 903 g/mol. The topological polar surface area (TPSA) is 201 Å². The predicted octanol–water partition coefficient (Wildman–Crippen LogP) is 8.00. The van der Waals surface area contributed by atoms with Crippen LogP contribution in [0.4, 0.5) is 27.2 Å². The molecule has 0 bridgehead atoms. The number of nitrogens with zero attached hydrogens (tertiary/aromatic N) is 3. The molecule has 0 radical (unpaired) electrons. The largest absolute Gasteiger partial charge is 0.461 e. The zero-order valence-corrected chi connectivity index (χ0v) is 38.9. The summed E-state index contributed by atoms with van der Waals surface area (Å²) in [6.45, 7) is 5.62. The number of imidazole rings is 2. The molecule has 14 atom stereocenters. The molecule has 2 aromatic heterocycles. The third-order valence-corrected chi connectivity index (χ3v) is 16.3. The Morgan fingerprint density at radius 1 is 0.754 bits per heavy atom. The Hall–Kier alpha value is -5.98. The molecule has 69 heavy (non-hydrogen) atoms. The second-order valence-corrected chi connectivity index (χ2v) is 20.5. The summed E-state index contributed by atoms with van der Waals surface area (Å²) in [4.78, 5) is 70.1. The van der Waals surface area contributed by atoms with Crippen molar-refractivity contribution in [2.24, 2.45) is 41.4 Å². The van der Waals surface area contributed by atoms with Crippen LogP contribution in [0.2, 0.25) is 0 Å². The van der Waals surface area contributed by atoms with Gasteiger partial charge in [0.2, 0.25) is 5.91 Å². The lowest BCUT2D eigenvalue weighted by atomic mass is 9.88. The van der Waals surface area contributed by atoms with E-state index in [0.29, 0.717) is 18.2 Å². The van der Waals surface area contributed by atoms with Crippen LogP contribution in [-0.4, -0.2) is 110 Å². The first kappa shape index (κ1) is 46.7. The number of carbonyl (C=O) groups excluding carboxylic acids is 4. The summed E-state index contributed by atoms with van der Waals surface area (Å²) in [7, 11) is 2.32. The molecule has 3 heterocycles. The highest BCUT2D eigenvalue weighted by atomic mass is 19.3. The second kappa shape index (κ2) is 17.2. The van der Waals surface area contributed by atoms with Crippen molar-refractivity contribution in [1.82, 2.24) is 35.5 Å². The van der Waals surface area contributed by atoms with E-state index in [1.807, 2.05) is 67.3 Å². The van der Waals surface area contributed by atoms with Gasteiger partial charge in [0.05, 0.1) is 49.6 Å². The van der Waals surface area contributed by atoms with Gasteiger partial charge < -0.3 is 44.8 Å². The van der Waals surface area contributed by atoms with Crippen molar-refractivity contribution in [1.29, 1.82) is 0 Å². The van der Waals surface area contributed by atoms with Crippen molar-refractivity contribution in [3.05, 3.63) is 72.6 Å². The van der Waals surface area contributed by atoms with Gasteiger partial charge in [0.15, 0.2) is 6.04 Å². The van der Waals surface area contributed by atoms with Gasteiger partial charge in [0, 0.05) is 35.6 Å². The molecule has 5 N–H and O–H groups in total. The van der Waals surface area contributed by atoms with Gasteiger partial charge in [-0.1, -0.05) is 62.4 Å². The van der Waals surface area contributed by atoms with Crippen molar-refractivity contribution in [2.45, 2.75) is 119 Å². The smallest absolute Gasteiger partial charge is 0.407 e. The molecule has 5 saturated carbocycles. The van der Waals surface area contributed by atoms with Gasteiger partial charge in [-0.25, -0.2) is 41.9 Å². The number of benzene rings is 2. The van der Waals surface area contributed by atoms with E-state index in [1.165, 1.54) is 7.11 Å². The maximum Gasteiger partial charge on any atom is 0.407 e. The average Bonchev–Trinajstić information content (AvgIpc) is 3.86. The molecular formula is C50H57F4N7O8. The standard InChI is InChI=1S/C50H57F4N7O8/c1-23(25(3)69-45(63)41(60-47(65)68-5)48(66)19-34-35(20-48)50(34,53)54)14-24(2)42-55-21-36(57-42)28-10-6-26(7-11-28)27-8-12-29(13-9-27)37-22-56-43(58-37)39-18-30-17-38(30)61(39)44(62)40(59-46(64)67-4)31-15-32-33(16-31)49(32,51)52/h6-13,21-25,30-35,38-41,66H,14-20H2,1-5H3,(H,55,57)(H,56,58)(H,59,64)(H,60,65)/t23-,24+,25-,30-,31?,32-,33+,34-,35+,38-,39+,40?,41?,48?/m1/s1. The number of esters is 1. The van der Waals surface area contributed by atoms with E-state index >= 15 is 0 Å². The molecule has 5 aliphatic carbocycles. The molecule has 6 fully saturated rings. The summed E-state index contributed by atoms with van der Waals surface area (Å²) in [6.07, 6.45) is 2.98. The number of likely N-dealkylation sites (tertiary alicyclic amines) is 1. The summed E-state index contributed by atoms with van der Waals surface area (Å²) in [5.41, 5.74) is 3.55. The number of aromatic amines is 2. The monoisotopic (exact) mass is 959 g/mol. The van der Waals surface area contributed by atoms with Crippen LogP contribution in [0.5, 0.6) is 0 Å². The molecule has 19 heteroatoms. The highest BCUT2D eigenvalue weighted by Gasteiger charge is 2.76. The number of aromatic nitrogens is 4. The Kier molecular flexibility index (Phi) is 11.6. The molecule has 1 aliphatic heterocycles. The molecule has 6 aliphatic rings. The third-order valence-electron chi connectivity index (χ3n) is 16.3. The predicted molar refractivity (Wildman–Crippen MR) is 240 cm³/mol. The summed E-state index contributed by atoms with van der Waals surface area (Å²) in [5, 5.41) is 16.2. The number of carbonyl (C=O) groups is 4. The number of nitrogens with one attached hydrogen (secondary N) is 4. The number of ether oxygens (including phenoxy) is 3. The van der Waals surface area contributed by atoms with Gasteiger partial charge in [0.1, 0.15) is 23.8 Å². The summed E-state index contributed by atoms with van der Waals surface area (Å²) in [5.74, 6) is -9.30. The van der Waals surface area contributed by atoms with Gasteiger partial charge in [0.25, 0.3) is 11.8 Å². The minimum absolute atomic E-state index is 0.0129. The maximum absolute atomic E-state index is 14.2. The van der Waals surface area contributed by atoms with Crippen molar-refractivity contribution < 1.29 is 56.1 Å². The fourth-order valence-corrected chi connectivity index (χ4v) is 11.9. The van der Waals surface area contributed by atoms with Gasteiger partial charge in [-0.2, -0.15) is 0 Å². The normalized spacial score (nSPS) is 30.7. The van der Waals surface area contributed by atoms with E-state index in [-0.39, 0.29) is 55.5 Å². The number of hydrogen-bond acceptors (Lipinski definition) is 10. The maximum atomic E-state index is 14.2. The lowest BCUT2D eigenvalue weighted by Gasteiger charge is -2.34. The van der Waals surface area contributed by atoms with Crippen LogP contribution in [0.15, 0.2) is 60.9 Å². The quantitative estimate of drug-likeness (QED) is 0.0442. The Balaban J connectivity index is 0.741. The van der Waals surface area contributed by atoms with Crippen LogP contribution >= 0.6 is 0 Å². The fraction of sp³-hybridized carbons (Fsp3) is 0.560. The Morgan fingerprint density at radius 3 is 1.88 bits per heavy atom. The van der Waals surface area contributed by atoms with E-state index < -0.39 is 83.4 Å². The summed E-state index contributed by atoms with van der Waals surface area (Å²) < 4.78 is 71.3. The highest BCUT2D eigenvalue weighted by molar-refractivity contribution is 5.87. The number of hydrogen-bond donors (Lipinski definition) is 5. The number of piperidine rings is 1. The van der Waals surface area contributed by atoms with Crippen LogP contribution in [0.3, 0.4) is 0 Å². The number of alkyl carbamates (subject to hydrolysis) is 2. The zero-order chi connectivity index (χ0) is 48.9. The van der Waals surface area contributed by atoms with Gasteiger partial charge >= 0.3 is 18.2 Å². The molecule has 3 amide bonds. The van der Waals surface area contributed by atoms with Crippen LogP contribution in [0.25, 0.3) is 33.6 Å². The molecule has 0 spiro atoms. The van der Waals surface area contributed by atoms with Crippen LogP contribution in [-0.2, 0) is 23.8 Å². The van der Waals surface area contributed by atoms with Crippen LogP contribution < -0.4 is 10.6 Å². The number of methoxy groups -OCH3 is 2. The van der Waals surface area contributed by atoms with Gasteiger partial charge in [-0.15, -0.1) is 0 Å². The van der Waals surface area contributed by atoms with Crippen LogP contribution in [0.1, 0.15) is 89.3 Å². The van der Waals surface area contributed by atoms with E-state index in [2.05, 4.69) is 30.3 Å². The van der Waals surface area contributed by atoms with Gasteiger partial charge in [-0.05, 0) is 91.9 Å². The Morgan fingerprint density at radius 2 is 1.29 bits per heavy atom. The minimum Gasteiger partial charge on any atom is -0.461 e. The first-order valence-electron chi connectivity index (χ1n) is 23.8. The number of rotatable bonds is 15. The number of alkyl halides is 4. The average molecular weight is 960 g/mol. The first-order chi connectivity index (χ1) is 32.8. The van der Waals surface area contributed by atoms with Crippen molar-refractivity contribution >= 4 is 24.1 Å². The van der Waals surface area contributed by atoms with E-state index in [1.54, 1.807) is 19.3 Å². The van der Waals surface area contributed by atoms with Crippen molar-refractivity contribution in [3.8, 4) is 33.6 Å². The molecule has 368 valence electrons. The Labute approximate surface area is 395 Å². The molecule has 2 aromatic carbocycles. The number of halogens is 4. The molecule has 10 rings (SSSR count). The van der Waals surface area contributed by atoms with Gasteiger partial charge in [-0.3, -0.25) is 4.79 Å². The number of amides is 3. The fourth-order valence-electron chi connectivity index (χ4n) is 11.9. The van der Waals surface area contributed by atoms with E-state index in [4.69, 9.17) is 14.5 Å². The van der Waals surface area contributed by atoms with E-state index in [0.717, 1.165) is 59.4 Å². The zero-order valence-electron chi connectivity index (χ0n) is 38.9. The Bertz CT molecular complexity index is 2600. The molecule has 4 aromatic rings. The highest BCUT2D eigenvalue weighted by Crippen LogP contribution is 2.68. The summed E-state index contributed by atoms with van der Waals surface area (Å²) in [6, 6.07) is 13.3. The number of H-pyrrole nitrogens is 2. The van der Waals surface area contributed by atoms with Crippen LogP contribution in [0, 0.1) is 41.4 Å². The lowest BCUT2D eigenvalue weighted by Crippen LogP contribution is -2.58. The van der Waals surface area contributed by atoms with Crippen molar-refractivity contribution in [2.75, 3.05) is 14.2 Å². The van der Waals surface area contributed by atoms with Crippen molar-refractivity contribution in [3.63, 3.8) is 0 Å². The molecule has 15 nitrogen and oxygen atoms in total. The molecule has 4 unspecified atom stereocenters. The third kappa shape index (κ3) is 8.51. The second-order valence-electron chi connectivity index (χ2n) is 20.5. The van der Waals surface area contributed by atoms with E-state index in [9.17, 15) is 41.8 Å². The molecule has 1 saturated heterocycles. The summed E-state index contributed by atoms with van der Waals surface area (Å²) >= 11 is 0. The number of aliphatic hydroxyl groups is 1. The minimum atomic E-state index is -2.89.